The highest BCUT2D eigenvalue weighted by Crippen LogP contribution is 2.00. The average molecular weight is 111 g/mol. The van der Waals surface area contributed by atoms with Gasteiger partial charge < -0.3 is 0 Å². The normalized spacial score (nSPS) is 8.62. The summed E-state index contributed by atoms with van der Waals surface area (Å²) in [7, 11) is 0. The summed E-state index contributed by atoms with van der Waals surface area (Å²) < 4.78 is 0. The van der Waals surface area contributed by atoms with Crippen LogP contribution in [0, 0.1) is 6.42 Å². The van der Waals surface area contributed by atoms with Gasteiger partial charge in [-0.25, -0.2) is 19.1 Å². The third kappa shape index (κ3) is 5.61. The Morgan fingerprint density at radius 3 is 2.75 bits per heavy atom. The van der Waals surface area contributed by atoms with Gasteiger partial charge in [-0.15, -0.1) is 6.42 Å². The molecule has 0 aromatic rings. The van der Waals surface area contributed by atoms with Gasteiger partial charge in [0.1, 0.15) is 0 Å². The van der Waals surface area contributed by atoms with Crippen LogP contribution in [0.1, 0.15) is 32.6 Å². The first-order chi connectivity index (χ1) is 3.91. The predicted octanol–water partition coefficient (Wildman–Crippen LogP) is 2.96. The van der Waals surface area contributed by atoms with Gasteiger partial charge in [0.2, 0.25) is 0 Å². The van der Waals surface area contributed by atoms with Gasteiger partial charge in [0.15, 0.2) is 0 Å². The van der Waals surface area contributed by atoms with Crippen molar-refractivity contribution in [1.82, 2.24) is 0 Å². The molecular formula is C8H15-. The zero-order chi connectivity index (χ0) is 6.24. The van der Waals surface area contributed by atoms with E-state index in [1.54, 1.807) is 0 Å². The van der Waals surface area contributed by atoms with Crippen molar-refractivity contribution in [3.63, 3.8) is 0 Å². The Balaban J connectivity index is 2.62. The molecule has 8 heavy (non-hydrogen) atoms. The van der Waals surface area contributed by atoms with Crippen molar-refractivity contribution in [3.8, 4) is 0 Å². The van der Waals surface area contributed by atoms with Crippen LogP contribution in [0.5, 0.6) is 0 Å². The van der Waals surface area contributed by atoms with Gasteiger partial charge >= 0.3 is 0 Å². The second kappa shape index (κ2) is 6.61. The molecular weight excluding hydrogens is 96.1 g/mol. The number of hydrogen-bond donors (Lipinski definition) is 0. The molecule has 0 aromatic carbocycles. The molecule has 0 aliphatic rings. The fourth-order valence-electron chi connectivity index (χ4n) is 0.630. The molecule has 0 saturated heterocycles. The molecule has 0 aromatic heterocycles. The lowest BCUT2D eigenvalue weighted by Gasteiger charge is -1.97. The van der Waals surface area contributed by atoms with E-state index in [1.165, 1.54) is 25.7 Å². The summed E-state index contributed by atoms with van der Waals surface area (Å²) in [6.07, 6.45) is 9.18. The van der Waals surface area contributed by atoms with Crippen LogP contribution in [-0.2, 0) is 0 Å². The van der Waals surface area contributed by atoms with E-state index in [0.29, 0.717) is 0 Å². The lowest BCUT2D eigenvalue weighted by molar-refractivity contribution is 0.717. The van der Waals surface area contributed by atoms with Crippen LogP contribution >= 0.6 is 0 Å². The molecule has 0 amide bonds. The van der Waals surface area contributed by atoms with Crippen molar-refractivity contribution >= 4 is 0 Å². The molecule has 0 aliphatic heterocycles. The van der Waals surface area contributed by atoms with Crippen LogP contribution in [0.2, 0.25) is 0 Å². The Hall–Kier alpha value is -0.390. The zero-order valence-corrected chi connectivity index (χ0v) is 5.69. The second-order valence-corrected chi connectivity index (χ2v) is 1.97. The highest BCUT2D eigenvalue weighted by molar-refractivity contribution is 4.85. The summed E-state index contributed by atoms with van der Waals surface area (Å²) in [6, 6.07) is 0. The lowest BCUT2D eigenvalue weighted by atomic mass is 10.2. The van der Waals surface area contributed by atoms with E-state index in [9.17, 15) is 0 Å². The van der Waals surface area contributed by atoms with Crippen LogP contribution in [-0.4, -0.2) is 0 Å². The Kier molecular flexibility index (Phi) is 6.29. The topological polar surface area (TPSA) is 0 Å². The van der Waals surface area contributed by atoms with E-state index >= 15 is 0 Å². The fraction of sp³-hybridized carbons (Fsp3) is 0.625. The molecule has 48 valence electrons. The number of hydrogen-bond acceptors (Lipinski definition) is 0. The average Bonchev–Trinajstić information content (AvgIpc) is 1.81. The van der Waals surface area contributed by atoms with Crippen LogP contribution in [0.4, 0.5) is 0 Å². The van der Waals surface area contributed by atoms with Gasteiger partial charge in [-0.05, 0) is 0 Å². The lowest BCUT2D eigenvalue weighted by Crippen LogP contribution is -1.72. The van der Waals surface area contributed by atoms with Crippen molar-refractivity contribution in [3.05, 3.63) is 19.1 Å². The molecule has 0 aliphatic carbocycles. The fourth-order valence-corrected chi connectivity index (χ4v) is 0.630. The molecule has 0 unspecified atom stereocenters. The van der Waals surface area contributed by atoms with Gasteiger partial charge in [-0.1, -0.05) is 26.2 Å². The maximum absolute atomic E-state index is 3.60. The molecule has 0 N–H and O–H groups in total. The van der Waals surface area contributed by atoms with Crippen LogP contribution in [0.15, 0.2) is 12.7 Å². The van der Waals surface area contributed by atoms with E-state index in [4.69, 9.17) is 0 Å². The minimum atomic E-state index is 1.21. The zero-order valence-electron chi connectivity index (χ0n) is 5.69. The molecule has 0 heterocycles. The highest BCUT2D eigenvalue weighted by Gasteiger charge is 1.77. The monoisotopic (exact) mass is 111 g/mol. The van der Waals surface area contributed by atoms with Crippen molar-refractivity contribution in [2.75, 3.05) is 0 Å². The van der Waals surface area contributed by atoms with Gasteiger partial charge in [-0.2, -0.15) is 0 Å². The molecule has 0 atom stereocenters. The minimum Gasteiger partial charge on any atom is -0.245 e. The summed E-state index contributed by atoms with van der Waals surface area (Å²) >= 11 is 0. The summed E-state index contributed by atoms with van der Waals surface area (Å²) in [5, 5.41) is 0. The maximum Gasteiger partial charge on any atom is -0.0547 e. The second-order valence-electron chi connectivity index (χ2n) is 1.97. The SMILES string of the molecule is C=C[CH-]CCCCC. The van der Waals surface area contributed by atoms with Crippen molar-refractivity contribution in [1.29, 1.82) is 0 Å². The quantitative estimate of drug-likeness (QED) is 0.378. The van der Waals surface area contributed by atoms with Crippen LogP contribution in [0.25, 0.3) is 0 Å². The summed E-state index contributed by atoms with van der Waals surface area (Å²) in [5.74, 6) is 0. The Morgan fingerprint density at radius 1 is 1.50 bits per heavy atom. The predicted molar refractivity (Wildman–Crippen MR) is 38.6 cm³/mol. The molecule has 0 nitrogen and oxygen atoms in total. The number of unbranched alkanes of at least 4 members (excludes halogenated alkanes) is 4. The first-order valence-electron chi connectivity index (χ1n) is 3.36. The van der Waals surface area contributed by atoms with E-state index in [1.807, 2.05) is 6.08 Å². The standard InChI is InChI=1S/C8H15/c1-3-5-7-8-6-4-2/h3,5H,1,4,6-8H2,2H3/q-1. The van der Waals surface area contributed by atoms with Crippen LogP contribution in [0.3, 0.4) is 0 Å². The van der Waals surface area contributed by atoms with E-state index < -0.39 is 0 Å². The van der Waals surface area contributed by atoms with Gasteiger partial charge in [0.25, 0.3) is 0 Å². The highest BCUT2D eigenvalue weighted by atomic mass is 13.9. The number of rotatable bonds is 5. The van der Waals surface area contributed by atoms with Gasteiger partial charge in [-0.3, -0.25) is 0 Å². The van der Waals surface area contributed by atoms with Crippen LogP contribution < -0.4 is 0 Å². The molecule has 0 spiro atoms. The Bertz CT molecular complexity index is 46.0. The molecule has 0 bridgehead atoms. The van der Waals surface area contributed by atoms with Gasteiger partial charge in [0, 0.05) is 0 Å². The third-order valence-corrected chi connectivity index (χ3v) is 1.14. The van der Waals surface area contributed by atoms with E-state index in [-0.39, 0.29) is 0 Å². The third-order valence-electron chi connectivity index (χ3n) is 1.14. The smallest absolute Gasteiger partial charge is 0.0547 e. The minimum absolute atomic E-state index is 1.21. The molecule has 0 radical (unpaired) electrons. The molecule has 0 saturated carbocycles. The largest absolute Gasteiger partial charge is 0.245 e. The Labute approximate surface area is 52.6 Å². The first-order valence-corrected chi connectivity index (χ1v) is 3.36. The summed E-state index contributed by atoms with van der Waals surface area (Å²) in [5.41, 5.74) is 0. The maximum atomic E-state index is 3.60. The van der Waals surface area contributed by atoms with Crippen molar-refractivity contribution in [2.24, 2.45) is 0 Å². The number of allylic oxidation sites excluding steroid dienone is 1. The van der Waals surface area contributed by atoms with Crippen molar-refractivity contribution in [2.45, 2.75) is 32.6 Å². The Morgan fingerprint density at radius 2 is 2.25 bits per heavy atom. The summed E-state index contributed by atoms with van der Waals surface area (Å²) in [6.45, 7) is 5.82. The first kappa shape index (κ1) is 7.61. The van der Waals surface area contributed by atoms with E-state index in [0.717, 1.165) is 0 Å². The van der Waals surface area contributed by atoms with Gasteiger partial charge in [0.05, 0.1) is 0 Å². The molecule has 0 fully saturated rings. The van der Waals surface area contributed by atoms with Crippen molar-refractivity contribution < 1.29 is 0 Å². The summed E-state index contributed by atoms with van der Waals surface area (Å²) in [4.78, 5) is 0. The van der Waals surface area contributed by atoms with E-state index in [2.05, 4.69) is 19.9 Å². The molecule has 0 rings (SSSR count). The molecule has 0 heteroatoms.